The normalized spacial score (nSPS) is 12.9. The molecule has 2 nitrogen and oxygen atoms in total. The van der Waals surface area contributed by atoms with Crippen LogP contribution in [-0.2, 0) is 22.7 Å². The molecule has 138 valence electrons. The third-order valence-corrected chi connectivity index (χ3v) is 6.63. The van der Waals surface area contributed by atoms with E-state index in [0.717, 1.165) is 32.7 Å². The summed E-state index contributed by atoms with van der Waals surface area (Å²) in [4.78, 5) is 0. The van der Waals surface area contributed by atoms with Gasteiger partial charge in [0.15, 0.2) is 0 Å². The number of ether oxygens (including phenoxy) is 2. The number of benzene rings is 5. The van der Waals surface area contributed by atoms with Gasteiger partial charge in [0.05, 0.1) is 23.3 Å². The Morgan fingerprint density at radius 2 is 1.07 bits per heavy atom. The molecule has 0 aromatic heterocycles. The van der Waals surface area contributed by atoms with E-state index < -0.39 is 0 Å². The van der Waals surface area contributed by atoms with Crippen molar-refractivity contribution in [3.63, 3.8) is 0 Å². The highest BCUT2D eigenvalue weighted by atomic mass is 35.5. The molecule has 0 N–H and O–H groups in total. The highest BCUT2D eigenvalue weighted by Crippen LogP contribution is 2.52. The number of rotatable bonds is 4. The van der Waals surface area contributed by atoms with E-state index in [2.05, 4.69) is 24.3 Å². The Bertz CT molecular complexity index is 1390. The molecule has 0 fully saturated rings. The highest BCUT2D eigenvalue weighted by molar-refractivity contribution is 6.52. The lowest BCUT2D eigenvalue weighted by atomic mass is 9.95. The molecule has 0 unspecified atom stereocenters. The summed E-state index contributed by atoms with van der Waals surface area (Å²) in [6.07, 6.45) is 0. The molecule has 6 rings (SSSR count). The number of hydrogen-bond acceptors (Lipinski definition) is 2. The Hall–Kier alpha value is -2.10. The molecule has 4 heteroatoms. The van der Waals surface area contributed by atoms with Gasteiger partial charge >= 0.3 is 0 Å². The van der Waals surface area contributed by atoms with E-state index in [-0.39, 0.29) is 0 Å². The summed E-state index contributed by atoms with van der Waals surface area (Å²) < 4.78 is 11.0. The maximum Gasteiger partial charge on any atom is 0.0719 e. The lowest BCUT2D eigenvalue weighted by molar-refractivity contribution is 0.186. The second-order valence-corrected chi connectivity index (χ2v) is 8.33. The van der Waals surface area contributed by atoms with Crippen LogP contribution in [0.15, 0.2) is 36.4 Å². The van der Waals surface area contributed by atoms with Crippen LogP contribution in [0, 0.1) is 0 Å². The van der Waals surface area contributed by atoms with Crippen LogP contribution in [0.25, 0.3) is 53.9 Å². The molecule has 0 aliphatic heterocycles. The Labute approximate surface area is 171 Å². The van der Waals surface area contributed by atoms with Gasteiger partial charge in [-0.1, -0.05) is 35.3 Å². The fraction of sp³-hybridized carbons (Fsp3) is 0.167. The molecule has 28 heavy (non-hydrogen) atoms. The van der Waals surface area contributed by atoms with E-state index in [4.69, 9.17) is 32.7 Å². The van der Waals surface area contributed by atoms with E-state index in [9.17, 15) is 0 Å². The molecule has 0 saturated heterocycles. The molecule has 0 aliphatic rings. The highest BCUT2D eigenvalue weighted by Gasteiger charge is 2.25. The van der Waals surface area contributed by atoms with Crippen molar-refractivity contribution < 1.29 is 9.47 Å². The summed E-state index contributed by atoms with van der Waals surface area (Å²) in [6, 6.07) is 13.0. The van der Waals surface area contributed by atoms with Crippen molar-refractivity contribution in [2.24, 2.45) is 0 Å². The lowest BCUT2D eigenvalue weighted by Gasteiger charge is -2.13. The zero-order valence-corrected chi connectivity index (χ0v) is 17.0. The molecule has 0 heterocycles. The van der Waals surface area contributed by atoms with E-state index in [0.29, 0.717) is 23.3 Å². The summed E-state index contributed by atoms with van der Waals surface area (Å²) in [5.41, 5.74) is 2.29. The molecule has 0 radical (unpaired) electrons. The van der Waals surface area contributed by atoms with Gasteiger partial charge in [-0.2, -0.15) is 0 Å². The van der Waals surface area contributed by atoms with Gasteiger partial charge in [0.2, 0.25) is 0 Å². The third-order valence-electron chi connectivity index (χ3n) is 6.03. The second-order valence-electron chi connectivity index (χ2n) is 7.51. The molecule has 0 bridgehead atoms. The average Bonchev–Trinajstić information content (AvgIpc) is 3.03. The molecular weight excluding hydrogens is 391 g/mol. The summed E-state index contributed by atoms with van der Waals surface area (Å²) in [6.45, 7) is 1.09. The molecule has 0 amide bonds. The van der Waals surface area contributed by atoms with Crippen LogP contribution < -0.4 is 0 Å². The van der Waals surface area contributed by atoms with E-state index in [1.54, 1.807) is 14.2 Å². The Balaban J connectivity index is 2.01. The van der Waals surface area contributed by atoms with Gasteiger partial charge in [0.25, 0.3) is 0 Å². The predicted molar refractivity (Wildman–Crippen MR) is 119 cm³/mol. The zero-order chi connectivity index (χ0) is 19.2. The average molecular weight is 407 g/mol. The van der Waals surface area contributed by atoms with Crippen molar-refractivity contribution >= 4 is 77.1 Å². The fourth-order valence-corrected chi connectivity index (χ4v) is 5.72. The van der Waals surface area contributed by atoms with Gasteiger partial charge in [-0.25, -0.2) is 0 Å². The minimum absolute atomic E-state index is 0.543. The fourth-order valence-electron chi connectivity index (χ4n) is 5.06. The standard InChI is InChI=1S/C24H16Cl2O2/c1-27-9-13-5-11-3-4-12-6-14(10-28-2)16-8-18(26)23-17(25)7-15(13)21-19(11)20(12)22(16)24(21)23/h3-8H,9-10H2,1-2H3. The van der Waals surface area contributed by atoms with Crippen LogP contribution in [0.5, 0.6) is 0 Å². The molecule has 0 aliphatic carbocycles. The van der Waals surface area contributed by atoms with Gasteiger partial charge in [-0.3, -0.25) is 0 Å². The number of hydrogen-bond donors (Lipinski definition) is 0. The van der Waals surface area contributed by atoms with Crippen molar-refractivity contribution in [1.82, 2.24) is 0 Å². The first-order valence-electron chi connectivity index (χ1n) is 9.20. The van der Waals surface area contributed by atoms with Gasteiger partial charge in [0, 0.05) is 25.0 Å². The Morgan fingerprint density at radius 3 is 1.50 bits per heavy atom. The van der Waals surface area contributed by atoms with Crippen molar-refractivity contribution in [3.8, 4) is 0 Å². The minimum atomic E-state index is 0.543. The molecule has 0 saturated carbocycles. The quantitative estimate of drug-likeness (QED) is 0.284. The van der Waals surface area contributed by atoms with Crippen LogP contribution in [0.2, 0.25) is 10.0 Å². The predicted octanol–water partition coefficient (Wildman–Crippen LogP) is 7.37. The van der Waals surface area contributed by atoms with E-state index in [1.807, 2.05) is 12.1 Å². The number of halogens is 2. The van der Waals surface area contributed by atoms with Crippen LogP contribution >= 0.6 is 23.2 Å². The van der Waals surface area contributed by atoms with Crippen molar-refractivity contribution in [2.75, 3.05) is 14.2 Å². The largest absolute Gasteiger partial charge is 0.380 e. The summed E-state index contributed by atoms with van der Waals surface area (Å²) >= 11 is 13.5. The first kappa shape index (κ1) is 16.8. The maximum atomic E-state index is 6.76. The monoisotopic (exact) mass is 406 g/mol. The van der Waals surface area contributed by atoms with Gasteiger partial charge in [-0.05, 0) is 78.5 Å². The minimum Gasteiger partial charge on any atom is -0.380 e. The summed E-state index contributed by atoms with van der Waals surface area (Å²) in [7, 11) is 3.45. The SMILES string of the molecule is COCc1cc2ccc3cc(COC)c4cc(Cl)c5c(Cl)cc1c1c2c3c4c51. The number of methoxy groups -OCH3 is 2. The van der Waals surface area contributed by atoms with E-state index >= 15 is 0 Å². The first-order valence-corrected chi connectivity index (χ1v) is 9.95. The molecule has 6 aromatic rings. The van der Waals surface area contributed by atoms with Crippen molar-refractivity contribution in [2.45, 2.75) is 13.2 Å². The van der Waals surface area contributed by atoms with Crippen LogP contribution in [-0.4, -0.2) is 14.2 Å². The van der Waals surface area contributed by atoms with E-state index in [1.165, 1.54) is 32.3 Å². The molecule has 0 atom stereocenters. The van der Waals surface area contributed by atoms with Gasteiger partial charge in [-0.15, -0.1) is 0 Å². The molecular formula is C24H16Cl2O2. The van der Waals surface area contributed by atoms with Crippen LogP contribution in [0.3, 0.4) is 0 Å². The van der Waals surface area contributed by atoms with Crippen LogP contribution in [0.1, 0.15) is 11.1 Å². The van der Waals surface area contributed by atoms with Gasteiger partial charge in [0.1, 0.15) is 0 Å². The summed E-state index contributed by atoms with van der Waals surface area (Å²) in [5.74, 6) is 0. The van der Waals surface area contributed by atoms with Gasteiger partial charge < -0.3 is 9.47 Å². The first-order chi connectivity index (χ1) is 13.6. The molecule has 0 spiro atoms. The second kappa shape index (κ2) is 5.71. The maximum absolute atomic E-state index is 6.76. The third kappa shape index (κ3) is 1.92. The van der Waals surface area contributed by atoms with Crippen LogP contribution in [0.4, 0.5) is 0 Å². The lowest BCUT2D eigenvalue weighted by Crippen LogP contribution is -1.91. The summed E-state index contributed by atoms with van der Waals surface area (Å²) in [5, 5.41) is 13.3. The molecule has 6 aromatic carbocycles. The van der Waals surface area contributed by atoms with Crippen molar-refractivity contribution in [1.29, 1.82) is 0 Å². The Morgan fingerprint density at radius 1 is 0.607 bits per heavy atom. The Kier molecular flexibility index (Phi) is 3.43. The smallest absolute Gasteiger partial charge is 0.0719 e. The van der Waals surface area contributed by atoms with Crippen molar-refractivity contribution in [3.05, 3.63) is 57.6 Å². The topological polar surface area (TPSA) is 18.5 Å². The zero-order valence-electron chi connectivity index (χ0n) is 15.5.